The van der Waals surface area contributed by atoms with E-state index >= 15 is 0 Å². The van der Waals surface area contributed by atoms with Crippen molar-refractivity contribution in [1.82, 2.24) is 0 Å². The van der Waals surface area contributed by atoms with E-state index in [0.717, 1.165) is 27.7 Å². The highest BCUT2D eigenvalue weighted by molar-refractivity contribution is 5.94. The van der Waals surface area contributed by atoms with Crippen LogP contribution in [0.5, 0.6) is 11.5 Å². The third-order valence-corrected chi connectivity index (χ3v) is 4.50. The molecule has 12 nitrogen and oxygen atoms in total. The van der Waals surface area contributed by atoms with Crippen LogP contribution in [0.2, 0.25) is 0 Å². The molecule has 1 aromatic rings. The number of phenolic OH excluding ortho intramolecular Hbond substituents is 1. The molecule has 0 aromatic heterocycles. The Bertz CT molecular complexity index is 955. The molecule has 0 bridgehead atoms. The van der Waals surface area contributed by atoms with E-state index in [1.807, 2.05) is 0 Å². The number of rotatable bonds is 8. The Morgan fingerprint density at radius 1 is 0.794 bits per heavy atom. The lowest BCUT2D eigenvalue weighted by atomic mass is 9.98. The first-order valence-electron chi connectivity index (χ1n) is 10.2. The van der Waals surface area contributed by atoms with E-state index < -0.39 is 61.2 Å². The van der Waals surface area contributed by atoms with E-state index in [9.17, 15) is 29.1 Å². The zero-order valence-corrected chi connectivity index (χ0v) is 19.3. The molecule has 0 amide bonds. The van der Waals surface area contributed by atoms with Gasteiger partial charge in [-0.05, 0) is 19.1 Å². The summed E-state index contributed by atoms with van der Waals surface area (Å²) in [5, 5.41) is 9.95. The minimum Gasteiger partial charge on any atom is -0.508 e. The summed E-state index contributed by atoms with van der Waals surface area (Å²) in [5.41, 5.74) is 0.126. The molecule has 0 radical (unpaired) electrons. The minimum atomic E-state index is -1.48. The molecular weight excluding hydrogens is 456 g/mol. The minimum absolute atomic E-state index is 0.0360. The lowest BCUT2D eigenvalue weighted by Crippen LogP contribution is -2.63. The molecule has 1 heterocycles. The lowest BCUT2D eigenvalue weighted by Gasteiger charge is -2.43. The molecule has 0 unspecified atom stereocenters. The number of benzene rings is 1. The highest BCUT2D eigenvalue weighted by Crippen LogP contribution is 2.32. The van der Waals surface area contributed by atoms with Gasteiger partial charge >= 0.3 is 23.9 Å². The maximum atomic E-state index is 11.8. The zero-order valence-electron chi connectivity index (χ0n) is 19.3. The fourth-order valence-corrected chi connectivity index (χ4v) is 3.27. The van der Waals surface area contributed by atoms with Crippen LogP contribution in [0, 0.1) is 0 Å². The summed E-state index contributed by atoms with van der Waals surface area (Å²) in [7, 11) is 0. The molecule has 186 valence electrons. The van der Waals surface area contributed by atoms with E-state index in [2.05, 4.69) is 0 Å². The smallest absolute Gasteiger partial charge is 0.303 e. The number of esters is 4. The molecule has 5 atom stereocenters. The summed E-state index contributed by atoms with van der Waals surface area (Å²) in [6.07, 6.45) is -6.86. The highest BCUT2D eigenvalue weighted by Gasteiger charge is 2.53. The predicted molar refractivity (Wildman–Crippen MR) is 111 cm³/mol. The molecule has 2 rings (SSSR count). The maximum Gasteiger partial charge on any atom is 0.303 e. The lowest BCUT2D eigenvalue weighted by molar-refractivity contribution is -0.288. The molecule has 1 fully saturated rings. The number of hydrogen-bond donors (Lipinski definition) is 1. The van der Waals surface area contributed by atoms with E-state index in [4.69, 9.17) is 28.4 Å². The van der Waals surface area contributed by atoms with Crippen molar-refractivity contribution in [2.24, 2.45) is 0 Å². The van der Waals surface area contributed by atoms with Crippen molar-refractivity contribution in [3.05, 3.63) is 23.8 Å². The standard InChI is InChI=1S/C22H26O12/c1-10(23)15-6-16(28)8-17(7-15)33-22-21(32-14(5)27)20(31-13(4)26)19(30-12(3)25)18(34-22)9-29-11(2)24/h6-8,18-22,28H,9H2,1-5H3/t18-,19-,20+,21-,22-/m1/s1. The monoisotopic (exact) mass is 482 g/mol. The molecule has 0 spiro atoms. The van der Waals surface area contributed by atoms with Gasteiger partial charge in [0.05, 0.1) is 0 Å². The fraction of sp³-hybridized carbons (Fsp3) is 0.500. The summed E-state index contributed by atoms with van der Waals surface area (Å²) in [6.45, 7) is 5.31. The third-order valence-electron chi connectivity index (χ3n) is 4.50. The van der Waals surface area contributed by atoms with E-state index in [0.29, 0.717) is 0 Å². The van der Waals surface area contributed by atoms with Crippen molar-refractivity contribution in [3.63, 3.8) is 0 Å². The summed E-state index contributed by atoms with van der Waals surface area (Å²) in [5.74, 6) is -3.68. The normalized spacial score (nSPS) is 23.9. The molecule has 1 aliphatic rings. The van der Waals surface area contributed by atoms with Crippen molar-refractivity contribution >= 4 is 29.7 Å². The molecule has 1 aromatic carbocycles. The van der Waals surface area contributed by atoms with Gasteiger partial charge in [0.15, 0.2) is 18.0 Å². The van der Waals surface area contributed by atoms with Gasteiger partial charge in [-0.15, -0.1) is 0 Å². The Morgan fingerprint density at radius 3 is 1.88 bits per heavy atom. The van der Waals surface area contributed by atoms with Gasteiger partial charge in [-0.25, -0.2) is 0 Å². The number of carbonyl (C=O) groups is 5. The molecule has 1 aliphatic heterocycles. The van der Waals surface area contributed by atoms with Crippen LogP contribution in [0.3, 0.4) is 0 Å². The number of Topliss-reactive ketones (excluding diaryl/α,β-unsaturated/α-hetero) is 1. The van der Waals surface area contributed by atoms with Crippen LogP contribution in [0.1, 0.15) is 45.0 Å². The number of aromatic hydroxyl groups is 1. The molecule has 0 aliphatic carbocycles. The number of ether oxygens (including phenoxy) is 6. The molecule has 1 saturated heterocycles. The van der Waals surface area contributed by atoms with Crippen molar-refractivity contribution < 1.29 is 57.5 Å². The van der Waals surface area contributed by atoms with Crippen molar-refractivity contribution in [1.29, 1.82) is 0 Å². The Balaban J connectivity index is 2.51. The Labute approximate surface area is 195 Å². The van der Waals surface area contributed by atoms with Crippen LogP contribution >= 0.6 is 0 Å². The maximum absolute atomic E-state index is 11.8. The largest absolute Gasteiger partial charge is 0.508 e. The highest BCUT2D eigenvalue weighted by atomic mass is 16.7. The van der Waals surface area contributed by atoms with Crippen LogP contribution in [0.15, 0.2) is 18.2 Å². The van der Waals surface area contributed by atoms with Gasteiger partial charge in [-0.1, -0.05) is 0 Å². The topological polar surface area (TPSA) is 161 Å². The second-order valence-corrected chi connectivity index (χ2v) is 7.46. The fourth-order valence-electron chi connectivity index (χ4n) is 3.27. The molecule has 1 N–H and O–H groups in total. The third kappa shape index (κ3) is 7.44. The van der Waals surface area contributed by atoms with E-state index in [-0.39, 0.29) is 22.8 Å². The van der Waals surface area contributed by atoms with E-state index in [1.54, 1.807) is 0 Å². The quantitative estimate of drug-likeness (QED) is 0.319. The van der Waals surface area contributed by atoms with Crippen LogP contribution in [0.4, 0.5) is 0 Å². The van der Waals surface area contributed by atoms with Crippen LogP contribution < -0.4 is 4.74 Å². The van der Waals surface area contributed by atoms with Crippen LogP contribution in [-0.4, -0.2) is 72.1 Å². The first-order chi connectivity index (χ1) is 15.9. The van der Waals surface area contributed by atoms with Gasteiger partial charge in [-0.2, -0.15) is 0 Å². The van der Waals surface area contributed by atoms with Gasteiger partial charge in [0.2, 0.25) is 12.4 Å². The van der Waals surface area contributed by atoms with E-state index in [1.165, 1.54) is 25.1 Å². The second-order valence-electron chi connectivity index (χ2n) is 7.46. The summed E-state index contributed by atoms with van der Waals surface area (Å²) < 4.78 is 32.4. The van der Waals surface area contributed by atoms with Crippen LogP contribution in [-0.2, 0) is 42.9 Å². The predicted octanol–water partition coefficient (Wildman–Crippen LogP) is 1.06. The Hall–Kier alpha value is -3.67. The van der Waals surface area contributed by atoms with Gasteiger partial charge in [0, 0.05) is 39.3 Å². The zero-order chi connectivity index (χ0) is 25.6. The molecular formula is C22H26O12. The van der Waals surface area contributed by atoms with Gasteiger partial charge in [0.1, 0.15) is 24.2 Å². The SMILES string of the molecule is CC(=O)OC[C@H]1O[C@@H](Oc2cc(O)cc(C(C)=O)c2)[C@H](OC(C)=O)[C@@H](OC(C)=O)[C@@H]1OC(C)=O. The summed E-state index contributed by atoms with van der Waals surface area (Å²) >= 11 is 0. The molecule has 0 saturated carbocycles. The number of hydrogen-bond acceptors (Lipinski definition) is 12. The first-order valence-corrected chi connectivity index (χ1v) is 10.2. The average molecular weight is 482 g/mol. The van der Waals surface area contributed by atoms with Gasteiger partial charge < -0.3 is 33.5 Å². The van der Waals surface area contributed by atoms with Crippen molar-refractivity contribution in [3.8, 4) is 11.5 Å². The van der Waals surface area contributed by atoms with Crippen molar-refractivity contribution in [2.75, 3.05) is 6.61 Å². The molecule has 12 heteroatoms. The Morgan fingerprint density at radius 2 is 1.35 bits per heavy atom. The second kappa shape index (κ2) is 11.5. The Kier molecular flexibility index (Phi) is 8.96. The average Bonchev–Trinajstić information content (AvgIpc) is 2.69. The first kappa shape index (κ1) is 26.6. The van der Waals surface area contributed by atoms with Gasteiger partial charge in [0.25, 0.3) is 0 Å². The number of ketones is 1. The number of carbonyl (C=O) groups excluding carboxylic acids is 5. The van der Waals surface area contributed by atoms with Gasteiger partial charge in [-0.3, -0.25) is 24.0 Å². The molecule has 34 heavy (non-hydrogen) atoms. The summed E-state index contributed by atoms with van der Waals surface area (Å²) in [6, 6.07) is 3.72. The van der Waals surface area contributed by atoms with Crippen molar-refractivity contribution in [2.45, 2.75) is 65.3 Å². The number of phenols is 1. The summed E-state index contributed by atoms with van der Waals surface area (Å²) in [4.78, 5) is 58.5. The van der Waals surface area contributed by atoms with Crippen LogP contribution in [0.25, 0.3) is 0 Å².